The minimum atomic E-state index is -0.694. The number of H-pyrrole nitrogens is 1. The van der Waals surface area contributed by atoms with Crippen molar-refractivity contribution in [2.75, 3.05) is 6.61 Å². The molecule has 1 unspecified atom stereocenters. The molecule has 0 radical (unpaired) electrons. The maximum Gasteiger partial charge on any atom is 0.223 e. The summed E-state index contributed by atoms with van der Waals surface area (Å²) in [5.74, 6) is -2.18. The number of amides is 1. The third kappa shape index (κ3) is 3.62. The number of nitrogens with one attached hydrogen (secondary N) is 2. The van der Waals surface area contributed by atoms with Crippen LogP contribution in [0.4, 0.5) is 13.2 Å². The summed E-state index contributed by atoms with van der Waals surface area (Å²) in [5.41, 5.74) is 2.21. The molecule has 1 aromatic heterocycles. The molecule has 0 spiro atoms. The maximum absolute atomic E-state index is 14.4. The van der Waals surface area contributed by atoms with Crippen molar-refractivity contribution in [2.45, 2.75) is 31.7 Å². The quantitative estimate of drug-likeness (QED) is 0.598. The van der Waals surface area contributed by atoms with Gasteiger partial charge in [-0.15, -0.1) is 0 Å². The Kier molecular flexibility index (Phi) is 5.08. The molecular weight excluding hydrogens is 381 g/mol. The van der Waals surface area contributed by atoms with Crippen molar-refractivity contribution in [3.05, 3.63) is 59.4 Å². The molecule has 7 heteroatoms. The number of aromatic nitrogens is 1. The average Bonchev–Trinajstić information content (AvgIpc) is 3.00. The van der Waals surface area contributed by atoms with Crippen LogP contribution in [0.15, 0.2) is 36.4 Å². The van der Waals surface area contributed by atoms with Crippen LogP contribution in [0.3, 0.4) is 0 Å². The molecule has 4 rings (SSSR count). The number of hydrogen-bond donors (Lipinski definition) is 3. The summed E-state index contributed by atoms with van der Waals surface area (Å²) in [5, 5.41) is 12.3. The van der Waals surface area contributed by atoms with E-state index in [2.05, 4.69) is 10.3 Å². The number of aliphatic hydroxyl groups excluding tert-OH is 1. The van der Waals surface area contributed by atoms with Gasteiger partial charge >= 0.3 is 0 Å². The summed E-state index contributed by atoms with van der Waals surface area (Å²) in [6.07, 6.45) is 1.06. The standard InChI is InChI=1S/C22H21F3N2O2/c1-11(10-28)26-22(29)14-6-13(7-14)19-17-8-16(24)9-18(25)21(17)27-20(19)12-2-4-15(23)5-3-12/h2-5,8-9,11,13-14,27-28H,6-7,10H2,1H3,(H,26,29)/t11?,13-,14+. The SMILES string of the molecule is CC(CO)NC(=O)[C@H]1C[C@@H](c2c(-c3ccc(F)cc3)[nH]c3c(F)cc(F)cc32)C1. The molecule has 1 aliphatic carbocycles. The predicted octanol–water partition coefficient (Wildman–Crippen LogP) is 4.24. The Bertz CT molecular complexity index is 1060. The molecule has 1 aliphatic rings. The average molecular weight is 402 g/mol. The fraction of sp³-hybridized carbons (Fsp3) is 0.318. The minimum absolute atomic E-state index is 0.0646. The lowest BCUT2D eigenvalue weighted by molar-refractivity contribution is -0.128. The number of benzene rings is 2. The lowest BCUT2D eigenvalue weighted by Gasteiger charge is -2.35. The molecule has 1 atom stereocenters. The van der Waals surface area contributed by atoms with E-state index in [1.165, 1.54) is 18.2 Å². The number of hydrogen-bond acceptors (Lipinski definition) is 2. The summed E-state index contributed by atoms with van der Waals surface area (Å²) in [6.45, 7) is 1.57. The Balaban J connectivity index is 1.71. The van der Waals surface area contributed by atoms with Gasteiger partial charge in [-0.2, -0.15) is 0 Å². The molecule has 1 fully saturated rings. The van der Waals surface area contributed by atoms with Crippen LogP contribution in [0.2, 0.25) is 0 Å². The highest BCUT2D eigenvalue weighted by Gasteiger charge is 2.38. The molecule has 1 amide bonds. The second-order valence-electron chi connectivity index (χ2n) is 7.69. The molecular formula is C22H21F3N2O2. The number of aliphatic hydroxyl groups is 1. The van der Waals surface area contributed by atoms with Crippen LogP contribution in [-0.2, 0) is 4.79 Å². The van der Waals surface area contributed by atoms with E-state index in [1.54, 1.807) is 19.1 Å². The third-order valence-corrected chi connectivity index (χ3v) is 5.58. The second-order valence-corrected chi connectivity index (χ2v) is 7.69. The Labute approximate surface area is 165 Å². The van der Waals surface area contributed by atoms with Crippen LogP contribution in [0.1, 0.15) is 31.2 Å². The number of aromatic amines is 1. The lowest BCUT2D eigenvalue weighted by atomic mass is 9.69. The molecule has 1 heterocycles. The Morgan fingerprint density at radius 2 is 1.86 bits per heavy atom. The van der Waals surface area contributed by atoms with E-state index in [0.717, 1.165) is 11.6 Å². The van der Waals surface area contributed by atoms with Gasteiger partial charge in [-0.1, -0.05) is 0 Å². The van der Waals surface area contributed by atoms with E-state index in [0.29, 0.717) is 29.5 Å². The molecule has 3 N–H and O–H groups in total. The van der Waals surface area contributed by atoms with Crippen LogP contribution in [0, 0.1) is 23.4 Å². The molecule has 0 saturated heterocycles. The monoisotopic (exact) mass is 402 g/mol. The highest BCUT2D eigenvalue weighted by Crippen LogP contribution is 2.48. The van der Waals surface area contributed by atoms with Crippen molar-refractivity contribution in [3.8, 4) is 11.3 Å². The van der Waals surface area contributed by atoms with E-state index >= 15 is 0 Å². The maximum atomic E-state index is 14.4. The first kappa shape index (κ1) is 19.5. The van der Waals surface area contributed by atoms with Crippen LogP contribution >= 0.6 is 0 Å². The zero-order chi connectivity index (χ0) is 20.7. The molecule has 152 valence electrons. The Morgan fingerprint density at radius 1 is 1.17 bits per heavy atom. The van der Waals surface area contributed by atoms with Gasteiger partial charge in [-0.05, 0) is 67.1 Å². The fourth-order valence-electron chi connectivity index (χ4n) is 3.98. The van der Waals surface area contributed by atoms with Crippen molar-refractivity contribution >= 4 is 16.8 Å². The van der Waals surface area contributed by atoms with Gasteiger partial charge < -0.3 is 15.4 Å². The van der Waals surface area contributed by atoms with Gasteiger partial charge in [0, 0.05) is 23.4 Å². The van der Waals surface area contributed by atoms with E-state index in [9.17, 15) is 18.0 Å². The smallest absolute Gasteiger partial charge is 0.223 e. The molecule has 3 aromatic rings. The van der Waals surface area contributed by atoms with Gasteiger partial charge in [0.1, 0.15) is 17.5 Å². The number of halogens is 3. The van der Waals surface area contributed by atoms with Gasteiger partial charge in [0.15, 0.2) is 0 Å². The van der Waals surface area contributed by atoms with Crippen LogP contribution in [-0.4, -0.2) is 28.6 Å². The van der Waals surface area contributed by atoms with Gasteiger partial charge in [0.25, 0.3) is 0 Å². The summed E-state index contributed by atoms with van der Waals surface area (Å²) >= 11 is 0. The van der Waals surface area contributed by atoms with Gasteiger partial charge in [-0.25, -0.2) is 13.2 Å². The van der Waals surface area contributed by atoms with Crippen LogP contribution in [0.25, 0.3) is 22.2 Å². The lowest BCUT2D eigenvalue weighted by Crippen LogP contribution is -2.43. The van der Waals surface area contributed by atoms with Crippen molar-refractivity contribution in [2.24, 2.45) is 5.92 Å². The normalized spacial score (nSPS) is 19.8. The Morgan fingerprint density at radius 3 is 2.52 bits per heavy atom. The van der Waals surface area contributed by atoms with Crippen molar-refractivity contribution in [3.63, 3.8) is 0 Å². The van der Waals surface area contributed by atoms with Crippen LogP contribution in [0.5, 0.6) is 0 Å². The first-order valence-electron chi connectivity index (χ1n) is 9.55. The zero-order valence-electron chi connectivity index (χ0n) is 15.8. The van der Waals surface area contributed by atoms with Gasteiger partial charge in [-0.3, -0.25) is 4.79 Å². The van der Waals surface area contributed by atoms with Crippen molar-refractivity contribution < 1.29 is 23.1 Å². The van der Waals surface area contributed by atoms with E-state index in [1.807, 2.05) is 0 Å². The number of carbonyl (C=O) groups excluding carboxylic acids is 1. The molecule has 0 aliphatic heterocycles. The van der Waals surface area contributed by atoms with E-state index in [4.69, 9.17) is 5.11 Å². The topological polar surface area (TPSA) is 65.1 Å². The highest BCUT2D eigenvalue weighted by molar-refractivity contribution is 5.92. The summed E-state index contributed by atoms with van der Waals surface area (Å²) in [4.78, 5) is 15.3. The minimum Gasteiger partial charge on any atom is -0.394 e. The largest absolute Gasteiger partial charge is 0.394 e. The molecule has 0 bridgehead atoms. The van der Waals surface area contributed by atoms with Gasteiger partial charge in [0.2, 0.25) is 5.91 Å². The fourth-order valence-corrected chi connectivity index (χ4v) is 3.98. The number of fused-ring (bicyclic) bond motifs is 1. The summed E-state index contributed by atoms with van der Waals surface area (Å²) < 4.78 is 41.6. The summed E-state index contributed by atoms with van der Waals surface area (Å²) in [6, 6.07) is 7.59. The highest BCUT2D eigenvalue weighted by atomic mass is 19.1. The third-order valence-electron chi connectivity index (χ3n) is 5.58. The Hall–Kier alpha value is -2.80. The van der Waals surface area contributed by atoms with Crippen molar-refractivity contribution in [1.29, 1.82) is 0 Å². The van der Waals surface area contributed by atoms with E-state index < -0.39 is 11.6 Å². The molecule has 4 nitrogen and oxygen atoms in total. The van der Waals surface area contributed by atoms with E-state index in [-0.39, 0.29) is 41.7 Å². The van der Waals surface area contributed by atoms with Crippen LogP contribution < -0.4 is 5.32 Å². The van der Waals surface area contributed by atoms with Crippen molar-refractivity contribution in [1.82, 2.24) is 10.3 Å². The number of carbonyl (C=O) groups is 1. The molecule has 29 heavy (non-hydrogen) atoms. The number of rotatable bonds is 5. The molecule has 1 saturated carbocycles. The first-order chi connectivity index (χ1) is 13.9. The zero-order valence-corrected chi connectivity index (χ0v) is 15.8. The first-order valence-corrected chi connectivity index (χ1v) is 9.55. The van der Waals surface area contributed by atoms with Gasteiger partial charge in [0.05, 0.1) is 17.8 Å². The molecule has 2 aromatic carbocycles. The second kappa shape index (κ2) is 7.55. The predicted molar refractivity (Wildman–Crippen MR) is 104 cm³/mol. The summed E-state index contributed by atoms with van der Waals surface area (Å²) in [7, 11) is 0.